The summed E-state index contributed by atoms with van der Waals surface area (Å²) in [4.78, 5) is 129. The molecule has 0 bridgehead atoms. The van der Waals surface area contributed by atoms with E-state index < -0.39 is 84.6 Å². The summed E-state index contributed by atoms with van der Waals surface area (Å²) in [6, 6.07) is 8.44. The van der Waals surface area contributed by atoms with Gasteiger partial charge in [-0.1, -0.05) is 42.5 Å². The van der Waals surface area contributed by atoms with Crippen molar-refractivity contribution >= 4 is 70.3 Å². The number of hydrogen-bond acceptors (Lipinski definition) is 14. The Kier molecular flexibility index (Phi) is 27.9. The van der Waals surface area contributed by atoms with Gasteiger partial charge in [-0.15, -0.1) is 0 Å². The van der Waals surface area contributed by atoms with Gasteiger partial charge in [-0.2, -0.15) is 0 Å². The van der Waals surface area contributed by atoms with E-state index in [-0.39, 0.29) is 142 Å². The first-order valence-corrected chi connectivity index (χ1v) is 24.9. The fourth-order valence-electron chi connectivity index (χ4n) is 8.98. The summed E-state index contributed by atoms with van der Waals surface area (Å²) in [5.74, 6) is -8.66. The van der Waals surface area contributed by atoms with E-state index in [9.17, 15) is 73.5 Å². The van der Waals surface area contributed by atoms with Gasteiger partial charge in [0.25, 0.3) is 0 Å². The maximum Gasteiger partial charge on any atom is 0.326 e. The Bertz CT molecular complexity index is 2240. The van der Waals surface area contributed by atoms with E-state index in [0.717, 1.165) is 16.3 Å². The molecule has 0 aromatic heterocycles. The molecule has 0 radical (unpaired) electrons. The molecular formula is C49H71N9O16Zr. The molecule has 26 heteroatoms. The second kappa shape index (κ2) is 33.1. The smallest absolute Gasteiger partial charge is 0.326 e. The topological polar surface area (TPSA) is 365 Å². The third-order valence-electron chi connectivity index (χ3n) is 13.1. The Labute approximate surface area is 453 Å². The van der Waals surface area contributed by atoms with Crippen molar-refractivity contribution in [3.8, 4) is 0 Å². The number of urea groups is 1. The van der Waals surface area contributed by atoms with Gasteiger partial charge in [-0.05, 0) is 73.6 Å². The van der Waals surface area contributed by atoms with Crippen LogP contribution >= 0.6 is 0 Å². The van der Waals surface area contributed by atoms with E-state index >= 15 is 0 Å². The maximum atomic E-state index is 13.8. The molecule has 3 unspecified atom stereocenters. The van der Waals surface area contributed by atoms with Crippen LogP contribution in [0.1, 0.15) is 63.4 Å². The van der Waals surface area contributed by atoms with Crippen molar-refractivity contribution in [2.75, 3.05) is 91.6 Å². The van der Waals surface area contributed by atoms with Gasteiger partial charge in [-0.25, -0.2) is 14.4 Å². The van der Waals surface area contributed by atoms with Crippen LogP contribution in [-0.2, 0) is 75.8 Å². The first-order chi connectivity index (χ1) is 35.2. The van der Waals surface area contributed by atoms with Crippen molar-refractivity contribution in [2.24, 2.45) is 11.8 Å². The minimum absolute atomic E-state index is 0. The van der Waals surface area contributed by atoms with Crippen LogP contribution in [0, 0.1) is 11.8 Å². The van der Waals surface area contributed by atoms with Crippen LogP contribution in [0.3, 0.4) is 0 Å². The Morgan fingerprint density at radius 3 is 1.52 bits per heavy atom. The molecule has 0 spiro atoms. The SMILES string of the molecule is O=C(O)CCC(NC(=O)NC(CCCCNC(=O)C(Cc1ccc2ccccc2c1)NC(=O)C1CCC(CNC(=O)CN2CCN(CC(=O)O)CCN(CC(=O)O)CCN(CC(=O)O)CC2)CC1)C(=O)O)C(=O)O.[89Zr]. The third-order valence-corrected chi connectivity index (χ3v) is 13.1. The van der Waals surface area contributed by atoms with E-state index in [2.05, 4.69) is 26.6 Å². The number of aliphatic carboxylic acids is 6. The van der Waals surface area contributed by atoms with Crippen LogP contribution < -0.4 is 26.6 Å². The molecular weight excluding hydrogens is 1060 g/mol. The summed E-state index contributed by atoms with van der Waals surface area (Å²) in [5, 5.41) is 71.4. The molecule has 75 heavy (non-hydrogen) atoms. The summed E-state index contributed by atoms with van der Waals surface area (Å²) in [6.45, 7) is 1.73. The average molecular weight is 1130 g/mol. The minimum Gasteiger partial charge on any atom is -0.481 e. The summed E-state index contributed by atoms with van der Waals surface area (Å²) in [6.07, 6.45) is 1.91. The first-order valence-electron chi connectivity index (χ1n) is 24.9. The molecule has 1 saturated carbocycles. The van der Waals surface area contributed by atoms with Crippen molar-refractivity contribution < 1.29 is 105 Å². The molecule has 11 N–H and O–H groups in total. The summed E-state index contributed by atoms with van der Waals surface area (Å²) < 4.78 is 0. The normalized spacial score (nSPS) is 18.5. The second-order valence-electron chi connectivity index (χ2n) is 18.9. The molecule has 412 valence electrons. The number of nitrogens with one attached hydrogen (secondary N) is 5. The predicted molar refractivity (Wildman–Crippen MR) is 265 cm³/mol. The number of unbranched alkanes of at least 4 members (excludes halogenated alkanes) is 1. The zero-order valence-corrected chi connectivity index (χ0v) is 44.4. The van der Waals surface area contributed by atoms with Crippen LogP contribution in [0.2, 0.25) is 0 Å². The quantitative estimate of drug-likeness (QED) is 0.0508. The Hall–Kier alpha value is -6.08. The zero-order valence-electron chi connectivity index (χ0n) is 42.0. The van der Waals surface area contributed by atoms with E-state index in [4.69, 9.17) is 5.11 Å². The van der Waals surface area contributed by atoms with Crippen molar-refractivity contribution in [2.45, 2.75) is 82.3 Å². The monoisotopic (exact) mass is 1130 g/mol. The fourth-order valence-corrected chi connectivity index (χ4v) is 8.98. The number of benzene rings is 2. The Morgan fingerprint density at radius 2 is 1.03 bits per heavy atom. The molecule has 1 heterocycles. The molecule has 3 atom stereocenters. The van der Waals surface area contributed by atoms with Gasteiger partial charge in [0.2, 0.25) is 17.7 Å². The van der Waals surface area contributed by atoms with Crippen LogP contribution in [0.4, 0.5) is 4.79 Å². The van der Waals surface area contributed by atoms with E-state index in [0.29, 0.717) is 45.3 Å². The van der Waals surface area contributed by atoms with Crippen molar-refractivity contribution in [1.29, 1.82) is 0 Å². The standard InChI is InChI=1S/C49H71N9O16.Zr/c59-40(28-55-17-19-56(29-42(62)63)21-23-58(31-44(66)67)24-22-57(20-18-55)30-43(64)65)51-27-32-8-12-35(13-9-32)45(68)52-39(26-33-10-11-34-5-1-2-6-36(34)25-33)46(69)50-16-4-3-7-37(47(70)71)53-49(74)54-38(48(72)73)14-15-41(60)61;/h1-2,5-6,10-11,25,32,35,37-39H,3-4,7-9,12-24,26-31H2,(H,50,69)(H,51,59)(H,52,68)(H,60,61)(H,62,63)(H,64,65)(H,66,67)(H,70,71)(H,72,73)(H2,53,54,74);/i;1-2. The van der Waals surface area contributed by atoms with Gasteiger partial charge in [0.1, 0.15) is 18.1 Å². The van der Waals surface area contributed by atoms with Crippen LogP contribution in [-0.4, -0.2) is 220 Å². The number of carboxylic acid groups (broad SMARTS) is 6. The number of fused-ring (bicyclic) bond motifs is 1. The van der Waals surface area contributed by atoms with Gasteiger partial charge < -0.3 is 57.2 Å². The first kappa shape index (κ1) is 63.2. The average Bonchev–Trinajstić information content (AvgIpc) is 3.34. The molecule has 2 aliphatic rings. The fraction of sp³-hybridized carbons (Fsp3) is 0.592. The molecule has 1 aliphatic heterocycles. The van der Waals surface area contributed by atoms with Crippen molar-refractivity contribution in [1.82, 2.24) is 46.2 Å². The van der Waals surface area contributed by atoms with Gasteiger partial charge in [0, 0.05) is 110 Å². The Morgan fingerprint density at radius 1 is 0.533 bits per heavy atom. The zero-order chi connectivity index (χ0) is 54.2. The van der Waals surface area contributed by atoms with E-state index in [1.54, 1.807) is 14.7 Å². The van der Waals surface area contributed by atoms with E-state index in [1.165, 1.54) is 0 Å². The van der Waals surface area contributed by atoms with Crippen LogP contribution in [0.15, 0.2) is 42.5 Å². The van der Waals surface area contributed by atoms with Crippen LogP contribution in [0.25, 0.3) is 10.8 Å². The number of carbonyl (C=O) groups is 10. The second-order valence-corrected chi connectivity index (χ2v) is 18.9. The predicted octanol–water partition coefficient (Wildman–Crippen LogP) is -0.380. The number of rotatable bonds is 27. The summed E-state index contributed by atoms with van der Waals surface area (Å²) in [5.41, 5.74) is 0.803. The van der Waals surface area contributed by atoms with Crippen molar-refractivity contribution in [3.63, 3.8) is 0 Å². The Balaban J connectivity index is 0.0000148. The van der Waals surface area contributed by atoms with E-state index in [1.807, 2.05) is 47.4 Å². The molecule has 2 fully saturated rings. The minimum atomic E-state index is -1.55. The third kappa shape index (κ3) is 24.4. The largest absolute Gasteiger partial charge is 0.481 e. The molecule has 2 aromatic carbocycles. The molecule has 1 aliphatic carbocycles. The summed E-state index contributed by atoms with van der Waals surface area (Å²) >= 11 is 0. The van der Waals surface area contributed by atoms with Crippen molar-refractivity contribution in [3.05, 3.63) is 48.0 Å². The van der Waals surface area contributed by atoms with Gasteiger partial charge >= 0.3 is 41.8 Å². The van der Waals surface area contributed by atoms with Crippen LogP contribution in [0.5, 0.6) is 0 Å². The number of hydrogen-bond donors (Lipinski definition) is 11. The molecule has 2 aromatic rings. The summed E-state index contributed by atoms with van der Waals surface area (Å²) in [7, 11) is 0. The maximum absolute atomic E-state index is 13.8. The van der Waals surface area contributed by atoms with Gasteiger partial charge in [0.05, 0.1) is 26.2 Å². The molecule has 25 nitrogen and oxygen atoms in total. The number of amides is 5. The van der Waals surface area contributed by atoms with Gasteiger partial charge in [0.15, 0.2) is 0 Å². The number of nitrogens with zero attached hydrogens (tertiary/aromatic N) is 4. The number of carbonyl (C=O) groups excluding carboxylic acids is 4. The number of carboxylic acids is 6. The molecule has 5 amide bonds. The molecule has 4 rings (SSSR count). The molecule has 1 saturated heterocycles. The van der Waals surface area contributed by atoms with Gasteiger partial charge in [-0.3, -0.25) is 53.2 Å².